The van der Waals surface area contributed by atoms with Crippen LogP contribution in [0.25, 0.3) is 22.0 Å². The number of hydrogen-bond donors (Lipinski definition) is 2. The van der Waals surface area contributed by atoms with Gasteiger partial charge in [0.15, 0.2) is 0 Å². The molecule has 9 heteroatoms. The predicted molar refractivity (Wildman–Crippen MR) is 165 cm³/mol. The number of H-pyrrole nitrogens is 1. The van der Waals surface area contributed by atoms with Crippen LogP contribution in [0.1, 0.15) is 66.5 Å². The molecule has 1 aromatic carbocycles. The Morgan fingerprint density at radius 2 is 1.68 bits per heavy atom. The van der Waals surface area contributed by atoms with Gasteiger partial charge in [-0.15, -0.1) is 0 Å². The van der Waals surface area contributed by atoms with Crippen LogP contribution in [0.15, 0.2) is 41.5 Å². The van der Waals surface area contributed by atoms with E-state index >= 15 is 0 Å². The zero-order valence-electron chi connectivity index (χ0n) is 25.2. The maximum atomic E-state index is 13.6. The molecule has 41 heavy (non-hydrogen) atoms. The number of nitrogens with zero attached hydrogens (tertiary/aromatic N) is 5. The van der Waals surface area contributed by atoms with Crippen LogP contribution >= 0.6 is 0 Å². The number of carbonyl (C=O) groups excluding carboxylic acids is 1. The molecule has 0 bridgehead atoms. The number of piperazine rings is 1. The van der Waals surface area contributed by atoms with Gasteiger partial charge in [-0.3, -0.25) is 19.2 Å². The van der Waals surface area contributed by atoms with E-state index in [-0.39, 0.29) is 24.1 Å². The third-order valence-corrected chi connectivity index (χ3v) is 8.48. The monoisotopic (exact) mass is 555 g/mol. The van der Waals surface area contributed by atoms with E-state index in [1.54, 1.807) is 6.20 Å². The summed E-state index contributed by atoms with van der Waals surface area (Å²) in [6, 6.07) is 8.81. The molecule has 0 radical (unpaired) electrons. The summed E-state index contributed by atoms with van der Waals surface area (Å²) >= 11 is 0. The van der Waals surface area contributed by atoms with Crippen LogP contribution < -0.4 is 15.8 Å². The Hall–Kier alpha value is -3.98. The molecular formula is C32H41N7O2. The summed E-state index contributed by atoms with van der Waals surface area (Å²) in [6.45, 7) is 18.5. The molecule has 1 aliphatic heterocycles. The van der Waals surface area contributed by atoms with Gasteiger partial charge in [0.2, 0.25) is 0 Å². The first-order valence-electron chi connectivity index (χ1n) is 14.5. The van der Waals surface area contributed by atoms with Gasteiger partial charge in [0, 0.05) is 73.2 Å². The van der Waals surface area contributed by atoms with Crippen molar-refractivity contribution in [1.29, 1.82) is 0 Å². The smallest absolute Gasteiger partial charge is 0.253 e. The summed E-state index contributed by atoms with van der Waals surface area (Å²) < 4.78 is 1.93. The normalized spacial score (nSPS) is 14.4. The van der Waals surface area contributed by atoms with Crippen LogP contribution in [0.3, 0.4) is 0 Å². The zero-order valence-corrected chi connectivity index (χ0v) is 25.2. The molecule has 1 amide bonds. The minimum absolute atomic E-state index is 0.125. The largest absolute Gasteiger partial charge is 0.354 e. The summed E-state index contributed by atoms with van der Waals surface area (Å²) in [4.78, 5) is 38.8. The highest BCUT2D eigenvalue weighted by Gasteiger charge is 2.21. The van der Waals surface area contributed by atoms with Gasteiger partial charge >= 0.3 is 0 Å². The van der Waals surface area contributed by atoms with Crippen molar-refractivity contribution in [3.05, 3.63) is 75.0 Å². The van der Waals surface area contributed by atoms with Gasteiger partial charge in [-0.25, -0.2) is 4.98 Å². The van der Waals surface area contributed by atoms with Crippen molar-refractivity contribution < 1.29 is 4.79 Å². The Labute approximate surface area is 241 Å². The van der Waals surface area contributed by atoms with Gasteiger partial charge in [-0.05, 0) is 89.4 Å². The SMILES string of the molecule is Cc1[nH]c(=O)c(CNC(=O)c2cc(-c3ccc(N4CCN(C(C)C)CC4)nc3)cc3c2cnn3C(C)C)c(C)c1C. The molecule has 2 N–H and O–H groups in total. The lowest BCUT2D eigenvalue weighted by Gasteiger charge is -2.37. The molecule has 5 rings (SSSR count). The molecule has 0 atom stereocenters. The molecule has 0 aliphatic carbocycles. The lowest BCUT2D eigenvalue weighted by atomic mass is 10.00. The number of rotatable bonds is 7. The number of aromatic nitrogens is 4. The highest BCUT2D eigenvalue weighted by Crippen LogP contribution is 2.30. The van der Waals surface area contributed by atoms with Crippen molar-refractivity contribution in [3.8, 4) is 11.1 Å². The van der Waals surface area contributed by atoms with Crippen LogP contribution in [0.4, 0.5) is 5.82 Å². The quantitative estimate of drug-likeness (QED) is 0.341. The number of amides is 1. The van der Waals surface area contributed by atoms with Crippen molar-refractivity contribution >= 4 is 22.6 Å². The number of aryl methyl sites for hydroxylation is 1. The first-order chi connectivity index (χ1) is 19.5. The molecule has 1 saturated heterocycles. The fourth-order valence-electron chi connectivity index (χ4n) is 5.62. The number of pyridine rings is 2. The number of carbonyl (C=O) groups is 1. The second-order valence-corrected chi connectivity index (χ2v) is 11.7. The average Bonchev–Trinajstić information content (AvgIpc) is 3.40. The molecule has 9 nitrogen and oxygen atoms in total. The highest BCUT2D eigenvalue weighted by molar-refractivity contribution is 6.08. The molecule has 4 aromatic rings. The van der Waals surface area contributed by atoms with Gasteiger partial charge in [0.1, 0.15) is 5.82 Å². The molecule has 216 valence electrons. The van der Waals surface area contributed by atoms with Gasteiger partial charge < -0.3 is 15.2 Å². The van der Waals surface area contributed by atoms with E-state index < -0.39 is 0 Å². The number of hydrogen-bond acceptors (Lipinski definition) is 6. The van der Waals surface area contributed by atoms with E-state index in [0.29, 0.717) is 17.2 Å². The number of fused-ring (bicyclic) bond motifs is 1. The maximum absolute atomic E-state index is 13.6. The molecular weight excluding hydrogens is 514 g/mol. The minimum Gasteiger partial charge on any atom is -0.354 e. The Balaban J connectivity index is 1.45. The summed E-state index contributed by atoms with van der Waals surface area (Å²) in [5.74, 6) is 0.724. The van der Waals surface area contributed by atoms with E-state index in [1.165, 1.54) is 0 Å². The standard InChI is InChI=1S/C32H41N7O2/c1-19(2)37-10-12-38(13-11-37)30-9-8-24(16-33-30)25-14-26(28-18-35-39(20(3)4)29(28)15-25)31(40)34-17-27-22(6)21(5)23(7)36-32(27)41/h8-9,14-16,18-20H,10-13,17H2,1-7H3,(H,34,40)(H,36,41). The summed E-state index contributed by atoms with van der Waals surface area (Å²) in [5.41, 5.74) is 6.40. The minimum atomic E-state index is -0.246. The van der Waals surface area contributed by atoms with Gasteiger partial charge in [0.25, 0.3) is 11.5 Å². The van der Waals surface area contributed by atoms with E-state index in [0.717, 1.165) is 70.8 Å². The molecule has 0 saturated carbocycles. The van der Waals surface area contributed by atoms with Crippen LogP contribution in [-0.2, 0) is 6.54 Å². The second kappa shape index (κ2) is 11.5. The Morgan fingerprint density at radius 1 is 0.951 bits per heavy atom. The van der Waals surface area contributed by atoms with E-state index in [1.807, 2.05) is 37.7 Å². The third-order valence-electron chi connectivity index (χ3n) is 8.48. The summed E-state index contributed by atoms with van der Waals surface area (Å²) in [7, 11) is 0. The second-order valence-electron chi connectivity index (χ2n) is 11.7. The fourth-order valence-corrected chi connectivity index (χ4v) is 5.62. The molecule has 0 unspecified atom stereocenters. The van der Waals surface area contributed by atoms with Crippen molar-refractivity contribution in [1.82, 2.24) is 30.0 Å². The number of nitrogens with one attached hydrogen (secondary N) is 2. The first-order valence-corrected chi connectivity index (χ1v) is 14.5. The third kappa shape index (κ3) is 5.63. The van der Waals surface area contributed by atoms with Crippen LogP contribution in [0, 0.1) is 20.8 Å². The van der Waals surface area contributed by atoms with Crippen molar-refractivity contribution in [2.24, 2.45) is 0 Å². The number of anilines is 1. The van der Waals surface area contributed by atoms with Crippen LogP contribution in [0.2, 0.25) is 0 Å². The van der Waals surface area contributed by atoms with Crippen molar-refractivity contribution in [2.75, 3.05) is 31.1 Å². The topological polar surface area (TPSA) is 99.2 Å². The lowest BCUT2D eigenvalue weighted by Crippen LogP contribution is -2.49. The highest BCUT2D eigenvalue weighted by atomic mass is 16.1. The molecule has 1 fully saturated rings. The van der Waals surface area contributed by atoms with E-state index in [4.69, 9.17) is 4.98 Å². The number of benzene rings is 1. The fraction of sp³-hybridized carbons (Fsp3) is 0.438. The maximum Gasteiger partial charge on any atom is 0.253 e. The molecule has 4 heterocycles. The van der Waals surface area contributed by atoms with Crippen molar-refractivity contribution in [3.63, 3.8) is 0 Å². The Kier molecular flexibility index (Phi) is 8.00. The summed E-state index contributed by atoms with van der Waals surface area (Å²) in [6.07, 6.45) is 3.64. The molecule has 1 aliphatic rings. The van der Waals surface area contributed by atoms with E-state index in [2.05, 4.69) is 71.1 Å². The zero-order chi connectivity index (χ0) is 29.4. The van der Waals surface area contributed by atoms with Crippen LogP contribution in [0.5, 0.6) is 0 Å². The average molecular weight is 556 g/mol. The number of aromatic amines is 1. The van der Waals surface area contributed by atoms with Gasteiger partial charge in [-0.1, -0.05) is 0 Å². The van der Waals surface area contributed by atoms with Gasteiger partial charge in [0.05, 0.1) is 17.3 Å². The molecule has 3 aromatic heterocycles. The van der Waals surface area contributed by atoms with Crippen LogP contribution in [-0.4, -0.2) is 62.8 Å². The Bertz CT molecular complexity index is 1620. The summed E-state index contributed by atoms with van der Waals surface area (Å²) in [5, 5.41) is 8.36. The van der Waals surface area contributed by atoms with Crippen molar-refractivity contribution in [2.45, 2.75) is 67.1 Å². The first kappa shape index (κ1) is 28.5. The van der Waals surface area contributed by atoms with E-state index in [9.17, 15) is 9.59 Å². The van der Waals surface area contributed by atoms with Gasteiger partial charge in [-0.2, -0.15) is 5.10 Å². The Morgan fingerprint density at radius 3 is 2.32 bits per heavy atom. The molecule has 0 spiro atoms. The lowest BCUT2D eigenvalue weighted by molar-refractivity contribution is 0.0952. The predicted octanol–water partition coefficient (Wildman–Crippen LogP) is 4.75.